The summed E-state index contributed by atoms with van der Waals surface area (Å²) < 4.78 is 38.5. The first-order chi connectivity index (χ1) is 23.2. The van der Waals surface area contributed by atoms with Crippen molar-refractivity contribution in [3.8, 4) is 44.8 Å². The molecule has 2 heterocycles. The molecule has 0 atom stereocenters. The van der Waals surface area contributed by atoms with E-state index in [0.717, 1.165) is 45.6 Å². The van der Waals surface area contributed by atoms with Crippen molar-refractivity contribution in [1.29, 1.82) is 0 Å². The van der Waals surface area contributed by atoms with Gasteiger partial charge in [0, 0.05) is 35.1 Å². The van der Waals surface area contributed by atoms with Crippen molar-refractivity contribution in [2.24, 2.45) is 0 Å². The van der Waals surface area contributed by atoms with E-state index in [1.807, 2.05) is 97.9 Å². The molecule has 0 saturated heterocycles. The van der Waals surface area contributed by atoms with Crippen LogP contribution in [-0.4, -0.2) is 21.5 Å². The average Bonchev–Trinajstić information content (AvgIpc) is 3.14. The van der Waals surface area contributed by atoms with E-state index in [-0.39, 0.29) is 11.6 Å². The number of hydrogen-bond donors (Lipinski definition) is 0. The molecule has 240 valence electrons. The molecule has 6 aromatic rings. The molecule has 6 rings (SSSR count). The molecular formula is C41H33F3N2O2. The zero-order valence-electron chi connectivity index (χ0n) is 26.5. The average molecular weight is 643 g/mol. The molecule has 7 heteroatoms. The van der Waals surface area contributed by atoms with E-state index in [4.69, 9.17) is 0 Å². The topological polar surface area (TPSA) is 59.9 Å². The first-order valence-corrected chi connectivity index (χ1v) is 15.6. The number of ketones is 2. The minimum atomic E-state index is -4.39. The fourth-order valence-corrected chi connectivity index (χ4v) is 5.15. The quantitative estimate of drug-likeness (QED) is 0.155. The van der Waals surface area contributed by atoms with Crippen LogP contribution in [0.15, 0.2) is 140 Å². The van der Waals surface area contributed by atoms with Crippen LogP contribution in [0.1, 0.15) is 53.2 Å². The predicted molar refractivity (Wildman–Crippen MR) is 184 cm³/mol. The van der Waals surface area contributed by atoms with E-state index in [9.17, 15) is 22.8 Å². The number of rotatable bonds is 8. The summed E-state index contributed by atoms with van der Waals surface area (Å²) in [5, 5.41) is 0. The number of pyridine rings is 2. The van der Waals surface area contributed by atoms with Gasteiger partial charge in [0.15, 0.2) is 11.6 Å². The van der Waals surface area contributed by atoms with Crippen LogP contribution in [0.5, 0.6) is 0 Å². The molecule has 0 N–H and O–H groups in total. The van der Waals surface area contributed by atoms with E-state index < -0.39 is 11.7 Å². The van der Waals surface area contributed by atoms with Gasteiger partial charge in [-0.3, -0.25) is 9.59 Å². The van der Waals surface area contributed by atoms with E-state index in [2.05, 4.69) is 22.1 Å². The summed E-state index contributed by atoms with van der Waals surface area (Å²) in [4.78, 5) is 33.1. The molecule has 0 spiro atoms. The van der Waals surface area contributed by atoms with Gasteiger partial charge in [0.05, 0.1) is 17.0 Å². The monoisotopic (exact) mass is 642 g/mol. The zero-order chi connectivity index (χ0) is 34.1. The van der Waals surface area contributed by atoms with Crippen LogP contribution in [0.25, 0.3) is 44.8 Å². The van der Waals surface area contributed by atoms with Gasteiger partial charge in [0.2, 0.25) is 0 Å². The lowest BCUT2D eigenvalue weighted by Crippen LogP contribution is -2.05. The minimum absolute atomic E-state index is 0.0665. The summed E-state index contributed by atoms with van der Waals surface area (Å²) in [5.74, 6) is -0.0467. The van der Waals surface area contributed by atoms with Crippen molar-refractivity contribution in [1.82, 2.24) is 9.97 Å². The molecule has 0 fully saturated rings. The van der Waals surface area contributed by atoms with Crippen LogP contribution in [0, 0.1) is 0 Å². The van der Waals surface area contributed by atoms with Crippen LogP contribution >= 0.6 is 0 Å². The largest absolute Gasteiger partial charge is 0.416 e. The molecule has 4 aromatic carbocycles. The third-order valence-corrected chi connectivity index (χ3v) is 7.71. The van der Waals surface area contributed by atoms with Gasteiger partial charge in [-0.1, -0.05) is 117 Å². The van der Waals surface area contributed by atoms with Crippen LogP contribution < -0.4 is 0 Å². The predicted octanol–water partition coefficient (Wildman–Crippen LogP) is 11.0. The first kappa shape index (κ1) is 33.7. The Labute approximate surface area is 278 Å². The number of benzene rings is 4. The second-order valence-electron chi connectivity index (χ2n) is 10.9. The number of carbonyl (C=O) groups excluding carboxylic acids is 2. The van der Waals surface area contributed by atoms with Crippen molar-refractivity contribution in [3.63, 3.8) is 0 Å². The number of Topliss-reactive ketones (excluding diaryl/α,β-unsaturated/α-hetero) is 2. The van der Waals surface area contributed by atoms with E-state index in [0.29, 0.717) is 35.5 Å². The Hall–Kier alpha value is -5.69. The number of hydrogen-bond acceptors (Lipinski definition) is 4. The van der Waals surface area contributed by atoms with Crippen LogP contribution in [0.3, 0.4) is 0 Å². The van der Waals surface area contributed by atoms with Gasteiger partial charge in [-0.2, -0.15) is 13.2 Å². The molecule has 0 amide bonds. The van der Waals surface area contributed by atoms with Crippen molar-refractivity contribution >= 4 is 11.6 Å². The summed E-state index contributed by atoms with van der Waals surface area (Å²) in [6.45, 7) is 3.60. The Morgan fingerprint density at radius 2 is 0.833 bits per heavy atom. The van der Waals surface area contributed by atoms with Crippen molar-refractivity contribution in [2.45, 2.75) is 32.9 Å². The standard InChI is InChI=1S/C21H16F3NO.C20H17NO/c1-2-19(26)18-13-12-17(14-6-4-3-5-7-14)20(25-18)15-8-10-16(11-9-15)21(22,23)24;1-2-19(22)18-14-13-17(15-9-5-3-6-10-15)20(21-18)16-11-7-4-8-12-16/h3-13H,2H2,1H3;3-14H,2H2,1H3. The van der Waals surface area contributed by atoms with Gasteiger partial charge in [-0.05, 0) is 47.5 Å². The normalized spacial score (nSPS) is 10.9. The van der Waals surface area contributed by atoms with Crippen LogP contribution in [0.2, 0.25) is 0 Å². The smallest absolute Gasteiger partial charge is 0.292 e. The lowest BCUT2D eigenvalue weighted by Gasteiger charge is -2.12. The maximum Gasteiger partial charge on any atom is 0.416 e. The Morgan fingerprint density at radius 3 is 1.19 bits per heavy atom. The third kappa shape index (κ3) is 7.99. The second kappa shape index (κ2) is 15.3. The lowest BCUT2D eigenvalue weighted by molar-refractivity contribution is -0.137. The lowest BCUT2D eigenvalue weighted by atomic mass is 9.97. The molecular weight excluding hydrogens is 609 g/mol. The molecule has 0 radical (unpaired) electrons. The van der Waals surface area contributed by atoms with E-state index in [1.165, 1.54) is 12.1 Å². The molecule has 2 aromatic heterocycles. The van der Waals surface area contributed by atoms with Gasteiger partial charge in [0.25, 0.3) is 0 Å². The van der Waals surface area contributed by atoms with Crippen LogP contribution in [-0.2, 0) is 6.18 Å². The van der Waals surface area contributed by atoms with Gasteiger partial charge in [0.1, 0.15) is 11.4 Å². The summed E-state index contributed by atoms with van der Waals surface area (Å²) in [7, 11) is 0. The Balaban J connectivity index is 0.000000190. The molecule has 0 aliphatic carbocycles. The molecule has 0 unspecified atom stereocenters. The van der Waals surface area contributed by atoms with Gasteiger partial charge >= 0.3 is 6.18 Å². The summed E-state index contributed by atoms with van der Waals surface area (Å²) in [6.07, 6.45) is -3.62. The summed E-state index contributed by atoms with van der Waals surface area (Å²) >= 11 is 0. The van der Waals surface area contributed by atoms with Crippen molar-refractivity contribution < 1.29 is 22.8 Å². The maximum absolute atomic E-state index is 12.8. The number of nitrogens with zero attached hydrogens (tertiary/aromatic N) is 2. The van der Waals surface area contributed by atoms with Crippen molar-refractivity contribution in [2.75, 3.05) is 0 Å². The highest BCUT2D eigenvalue weighted by molar-refractivity contribution is 5.96. The van der Waals surface area contributed by atoms with Gasteiger partial charge < -0.3 is 0 Å². The molecule has 0 aliphatic heterocycles. The van der Waals surface area contributed by atoms with Gasteiger partial charge in [-0.15, -0.1) is 0 Å². The molecule has 0 bridgehead atoms. The van der Waals surface area contributed by atoms with Crippen molar-refractivity contribution in [3.05, 3.63) is 156 Å². The number of halogens is 3. The fraction of sp³-hybridized carbons (Fsp3) is 0.122. The second-order valence-corrected chi connectivity index (χ2v) is 10.9. The maximum atomic E-state index is 12.8. The third-order valence-electron chi connectivity index (χ3n) is 7.71. The van der Waals surface area contributed by atoms with E-state index >= 15 is 0 Å². The minimum Gasteiger partial charge on any atom is -0.292 e. The first-order valence-electron chi connectivity index (χ1n) is 15.6. The van der Waals surface area contributed by atoms with Gasteiger partial charge in [-0.25, -0.2) is 9.97 Å². The highest BCUT2D eigenvalue weighted by Crippen LogP contribution is 2.35. The number of alkyl halides is 3. The Morgan fingerprint density at radius 1 is 0.479 bits per heavy atom. The Kier molecular flexibility index (Phi) is 10.7. The molecule has 48 heavy (non-hydrogen) atoms. The Bertz CT molecular complexity index is 1990. The zero-order valence-corrected chi connectivity index (χ0v) is 26.5. The highest BCUT2D eigenvalue weighted by Gasteiger charge is 2.30. The SMILES string of the molecule is CCC(=O)c1ccc(-c2ccccc2)c(-c2ccc(C(F)(F)F)cc2)n1.CCC(=O)c1ccc(-c2ccccc2)c(-c2ccccc2)n1. The van der Waals surface area contributed by atoms with Crippen LogP contribution in [0.4, 0.5) is 13.2 Å². The number of carbonyl (C=O) groups is 2. The fourth-order valence-electron chi connectivity index (χ4n) is 5.15. The molecule has 0 saturated carbocycles. The van der Waals surface area contributed by atoms with E-state index in [1.54, 1.807) is 19.1 Å². The molecule has 4 nitrogen and oxygen atoms in total. The number of aromatic nitrogens is 2. The highest BCUT2D eigenvalue weighted by atomic mass is 19.4. The molecule has 0 aliphatic rings. The summed E-state index contributed by atoms with van der Waals surface area (Å²) in [6, 6.07) is 41.6. The summed E-state index contributed by atoms with van der Waals surface area (Å²) in [5.41, 5.74) is 6.80.